The van der Waals surface area contributed by atoms with Crippen LogP contribution in [0.25, 0.3) is 0 Å². The van der Waals surface area contributed by atoms with E-state index in [9.17, 15) is 0 Å². The Labute approximate surface area is 106 Å². The van der Waals surface area contributed by atoms with Crippen molar-refractivity contribution >= 4 is 0 Å². The van der Waals surface area contributed by atoms with Crippen molar-refractivity contribution in [3.05, 3.63) is 35.4 Å². The van der Waals surface area contributed by atoms with Crippen molar-refractivity contribution in [2.75, 3.05) is 0 Å². The fraction of sp³-hybridized carbons (Fsp3) is 0.625. The largest absolute Gasteiger partial charge is 0.311 e. The highest BCUT2D eigenvalue weighted by Gasteiger charge is 2.22. The second kappa shape index (κ2) is 5.68. The zero-order chi connectivity index (χ0) is 12.3. The molecule has 1 N–H and O–H groups in total. The monoisotopic (exact) mass is 231 g/mol. The maximum Gasteiger partial charge on any atom is 0.00817 e. The van der Waals surface area contributed by atoms with Gasteiger partial charge in [0.25, 0.3) is 0 Å². The molecule has 0 bridgehead atoms. The number of hydrogen-bond donors (Lipinski definition) is 1. The molecule has 0 amide bonds. The van der Waals surface area contributed by atoms with Gasteiger partial charge in [0.15, 0.2) is 0 Å². The summed E-state index contributed by atoms with van der Waals surface area (Å²) in [6.07, 6.45) is 5.09. The predicted octanol–water partition coefficient (Wildman–Crippen LogP) is 3.57. The minimum absolute atomic E-state index is 0.610. The lowest BCUT2D eigenvalue weighted by Gasteiger charge is -2.13. The van der Waals surface area contributed by atoms with Gasteiger partial charge in [-0.2, -0.15) is 0 Å². The lowest BCUT2D eigenvalue weighted by Crippen LogP contribution is -2.29. The van der Waals surface area contributed by atoms with Crippen molar-refractivity contribution < 1.29 is 0 Å². The van der Waals surface area contributed by atoms with E-state index in [2.05, 4.69) is 50.4 Å². The standard InChI is InChI=1S/C16H25N/c1-12(2)10-14-4-6-15(7-5-14)11-13(3)17-16-8-9-16/h4-7,12-13,16-17H,8-11H2,1-3H3. The van der Waals surface area contributed by atoms with Gasteiger partial charge in [-0.1, -0.05) is 38.1 Å². The van der Waals surface area contributed by atoms with E-state index in [4.69, 9.17) is 0 Å². The Bertz CT molecular complexity index is 335. The van der Waals surface area contributed by atoms with Crippen molar-refractivity contribution in [2.24, 2.45) is 5.92 Å². The van der Waals surface area contributed by atoms with Gasteiger partial charge in [-0.05, 0) is 49.7 Å². The first-order valence-electron chi connectivity index (χ1n) is 6.97. The van der Waals surface area contributed by atoms with E-state index in [0.29, 0.717) is 6.04 Å². The van der Waals surface area contributed by atoms with Crippen LogP contribution in [0.15, 0.2) is 24.3 Å². The first-order valence-corrected chi connectivity index (χ1v) is 6.97. The van der Waals surface area contributed by atoms with E-state index in [1.165, 1.54) is 30.4 Å². The molecule has 1 atom stereocenters. The summed E-state index contributed by atoms with van der Waals surface area (Å²) >= 11 is 0. The lowest BCUT2D eigenvalue weighted by molar-refractivity contribution is 0.542. The topological polar surface area (TPSA) is 12.0 Å². The Kier molecular flexibility index (Phi) is 4.22. The smallest absolute Gasteiger partial charge is 0.00817 e. The number of rotatable bonds is 6. The quantitative estimate of drug-likeness (QED) is 0.789. The van der Waals surface area contributed by atoms with Crippen LogP contribution in [0.4, 0.5) is 0 Å². The molecule has 1 nitrogen and oxygen atoms in total. The lowest BCUT2D eigenvalue weighted by atomic mass is 10.00. The molecule has 0 spiro atoms. The van der Waals surface area contributed by atoms with Crippen LogP contribution in [0.5, 0.6) is 0 Å². The molecular weight excluding hydrogens is 206 g/mol. The maximum absolute atomic E-state index is 3.65. The number of benzene rings is 1. The second-order valence-corrected chi connectivity index (χ2v) is 5.96. The Morgan fingerprint density at radius 2 is 1.53 bits per heavy atom. The van der Waals surface area contributed by atoms with Crippen molar-refractivity contribution in [3.63, 3.8) is 0 Å². The van der Waals surface area contributed by atoms with E-state index < -0.39 is 0 Å². The zero-order valence-corrected chi connectivity index (χ0v) is 11.4. The Morgan fingerprint density at radius 1 is 1.00 bits per heavy atom. The molecule has 0 radical (unpaired) electrons. The van der Waals surface area contributed by atoms with Gasteiger partial charge < -0.3 is 5.32 Å². The summed E-state index contributed by atoms with van der Waals surface area (Å²) < 4.78 is 0. The highest BCUT2D eigenvalue weighted by molar-refractivity contribution is 5.23. The van der Waals surface area contributed by atoms with Gasteiger partial charge in [0, 0.05) is 12.1 Å². The van der Waals surface area contributed by atoms with Crippen LogP contribution in [0, 0.1) is 5.92 Å². The number of nitrogens with one attached hydrogen (secondary N) is 1. The molecule has 17 heavy (non-hydrogen) atoms. The van der Waals surface area contributed by atoms with Crippen LogP contribution in [-0.4, -0.2) is 12.1 Å². The van der Waals surface area contributed by atoms with Crippen LogP contribution in [-0.2, 0) is 12.8 Å². The molecule has 2 rings (SSSR count). The summed E-state index contributed by atoms with van der Waals surface area (Å²) in [6, 6.07) is 10.6. The molecule has 1 aromatic carbocycles. The zero-order valence-electron chi connectivity index (χ0n) is 11.4. The molecule has 1 aliphatic rings. The normalized spacial score (nSPS) is 17.4. The van der Waals surface area contributed by atoms with Crippen molar-refractivity contribution in [1.82, 2.24) is 5.32 Å². The van der Waals surface area contributed by atoms with E-state index in [0.717, 1.165) is 18.4 Å². The Morgan fingerprint density at radius 3 is 2.00 bits per heavy atom. The third kappa shape index (κ3) is 4.51. The summed E-state index contributed by atoms with van der Waals surface area (Å²) in [5.41, 5.74) is 2.92. The van der Waals surface area contributed by atoms with Crippen molar-refractivity contribution in [3.8, 4) is 0 Å². The van der Waals surface area contributed by atoms with E-state index in [1.54, 1.807) is 0 Å². The van der Waals surface area contributed by atoms with Gasteiger partial charge in [-0.15, -0.1) is 0 Å². The van der Waals surface area contributed by atoms with E-state index >= 15 is 0 Å². The summed E-state index contributed by atoms with van der Waals surface area (Å²) in [5, 5.41) is 3.65. The van der Waals surface area contributed by atoms with Crippen molar-refractivity contribution in [1.29, 1.82) is 0 Å². The fourth-order valence-electron chi connectivity index (χ4n) is 2.35. The van der Waals surface area contributed by atoms with Crippen LogP contribution < -0.4 is 5.32 Å². The first-order chi connectivity index (χ1) is 8.13. The molecular formula is C16H25N. The Balaban J connectivity index is 1.83. The van der Waals surface area contributed by atoms with E-state index in [1.807, 2.05) is 0 Å². The minimum Gasteiger partial charge on any atom is -0.311 e. The highest BCUT2D eigenvalue weighted by Crippen LogP contribution is 2.20. The third-order valence-corrected chi connectivity index (χ3v) is 3.31. The summed E-state index contributed by atoms with van der Waals surface area (Å²) in [7, 11) is 0. The second-order valence-electron chi connectivity index (χ2n) is 5.96. The average molecular weight is 231 g/mol. The van der Waals surface area contributed by atoms with Gasteiger partial charge >= 0.3 is 0 Å². The summed E-state index contributed by atoms with van der Waals surface area (Å²) in [6.45, 7) is 6.84. The fourth-order valence-corrected chi connectivity index (χ4v) is 2.35. The molecule has 0 aliphatic heterocycles. The van der Waals surface area contributed by atoms with Crippen molar-refractivity contribution in [2.45, 2.75) is 58.5 Å². The van der Waals surface area contributed by atoms with Gasteiger partial charge in [0.05, 0.1) is 0 Å². The summed E-state index contributed by atoms with van der Waals surface area (Å²) in [5.74, 6) is 0.747. The molecule has 1 aromatic rings. The maximum atomic E-state index is 3.65. The third-order valence-electron chi connectivity index (χ3n) is 3.31. The van der Waals surface area contributed by atoms with Crippen LogP contribution in [0.1, 0.15) is 44.7 Å². The Hall–Kier alpha value is -0.820. The number of hydrogen-bond acceptors (Lipinski definition) is 1. The molecule has 1 aliphatic carbocycles. The van der Waals surface area contributed by atoms with Crippen LogP contribution >= 0.6 is 0 Å². The molecule has 0 saturated heterocycles. The highest BCUT2D eigenvalue weighted by atomic mass is 15.0. The minimum atomic E-state index is 0.610. The SMILES string of the molecule is CC(C)Cc1ccc(CC(C)NC2CC2)cc1. The van der Waals surface area contributed by atoms with Crippen LogP contribution in [0.3, 0.4) is 0 Å². The molecule has 1 heteroatoms. The van der Waals surface area contributed by atoms with Crippen LogP contribution in [0.2, 0.25) is 0 Å². The van der Waals surface area contributed by atoms with Gasteiger partial charge in [-0.3, -0.25) is 0 Å². The van der Waals surface area contributed by atoms with Gasteiger partial charge in [-0.25, -0.2) is 0 Å². The summed E-state index contributed by atoms with van der Waals surface area (Å²) in [4.78, 5) is 0. The van der Waals surface area contributed by atoms with Gasteiger partial charge in [0.2, 0.25) is 0 Å². The molecule has 1 saturated carbocycles. The molecule has 1 fully saturated rings. The average Bonchev–Trinajstić information content (AvgIpc) is 3.04. The molecule has 0 aromatic heterocycles. The molecule has 1 unspecified atom stereocenters. The first kappa shape index (κ1) is 12.6. The van der Waals surface area contributed by atoms with Gasteiger partial charge in [0.1, 0.15) is 0 Å². The molecule has 94 valence electrons. The predicted molar refractivity (Wildman–Crippen MR) is 74.3 cm³/mol. The molecule has 0 heterocycles. The van der Waals surface area contributed by atoms with E-state index in [-0.39, 0.29) is 0 Å².